The zero-order valence-corrected chi connectivity index (χ0v) is 47.7. The minimum Gasteiger partial charge on any atom is -0.494 e. The molecule has 442 valence electrons. The van der Waals surface area contributed by atoms with Crippen molar-refractivity contribution in [3.8, 4) is 17.2 Å². The summed E-state index contributed by atoms with van der Waals surface area (Å²) >= 11 is 0. The number of halogens is 1. The molecule has 10 aromatic rings. The van der Waals surface area contributed by atoms with Crippen molar-refractivity contribution < 1.29 is 33.0 Å². The molecule has 0 atom stereocenters. The van der Waals surface area contributed by atoms with Crippen LogP contribution in [0.4, 0.5) is 15.8 Å². The number of H-pyrrole nitrogens is 3. The Kier molecular flexibility index (Phi) is 16.9. The zero-order chi connectivity index (χ0) is 60.0. The fourth-order valence-corrected chi connectivity index (χ4v) is 10.2. The number of aromatic nitrogens is 9. The van der Waals surface area contributed by atoms with E-state index in [0.717, 1.165) is 68.0 Å². The van der Waals surface area contributed by atoms with Gasteiger partial charge in [-0.1, -0.05) is 54.6 Å². The first kappa shape index (κ1) is 57.5. The van der Waals surface area contributed by atoms with Crippen molar-refractivity contribution in [2.75, 3.05) is 63.4 Å². The first-order valence-electron chi connectivity index (χ1n) is 28.2. The second-order valence-corrected chi connectivity index (χ2v) is 21.0. The second kappa shape index (κ2) is 25.2. The third-order valence-corrected chi connectivity index (χ3v) is 15.0. The van der Waals surface area contributed by atoms with E-state index in [1.807, 2.05) is 50.2 Å². The van der Waals surface area contributed by atoms with Crippen molar-refractivity contribution >= 4 is 46.0 Å². The third-order valence-electron chi connectivity index (χ3n) is 15.0. The number of ether oxygens (including phenoxy) is 3. The van der Waals surface area contributed by atoms with Gasteiger partial charge in [-0.15, -0.1) is 0 Å². The van der Waals surface area contributed by atoms with E-state index in [2.05, 4.69) is 63.0 Å². The number of rotatable bonds is 15. The molecular formula is C62H63FN14O9. The number of carbonyl (C=O) groups excluding carboxylic acids is 3. The molecule has 24 heteroatoms. The maximum absolute atomic E-state index is 14.1. The van der Waals surface area contributed by atoms with Gasteiger partial charge in [0.25, 0.3) is 34.4 Å². The Labute approximate surface area is 490 Å². The fourth-order valence-electron chi connectivity index (χ4n) is 10.2. The van der Waals surface area contributed by atoms with Gasteiger partial charge in [0.2, 0.25) is 6.79 Å². The molecule has 8 heterocycles. The Bertz CT molecular complexity index is 4330. The molecule has 3 amide bonds. The Hall–Kier alpha value is -10.4. The van der Waals surface area contributed by atoms with Gasteiger partial charge < -0.3 is 40.0 Å². The number of aryl methyl sites for hydroxylation is 2. The van der Waals surface area contributed by atoms with E-state index < -0.39 is 0 Å². The normalized spacial score (nSPS) is 13.7. The first-order chi connectivity index (χ1) is 41.7. The summed E-state index contributed by atoms with van der Waals surface area (Å²) in [6, 6.07) is 30.4. The highest BCUT2D eigenvalue weighted by Crippen LogP contribution is 2.38. The largest absolute Gasteiger partial charge is 0.494 e. The Morgan fingerprint density at radius 3 is 2.00 bits per heavy atom. The smallest absolute Gasteiger partial charge is 0.296 e. The highest BCUT2D eigenvalue weighted by Gasteiger charge is 2.28. The van der Waals surface area contributed by atoms with Gasteiger partial charge in [-0.3, -0.25) is 44.1 Å². The maximum Gasteiger partial charge on any atom is 0.296 e. The van der Waals surface area contributed by atoms with Crippen LogP contribution in [0.15, 0.2) is 136 Å². The topological polar surface area (TPSA) is 272 Å². The predicted octanol–water partition coefficient (Wildman–Crippen LogP) is 6.33. The number of nitrogens with one attached hydrogen (secondary N) is 6. The summed E-state index contributed by atoms with van der Waals surface area (Å²) in [5.74, 6) is 1.07. The van der Waals surface area contributed by atoms with E-state index in [-0.39, 0.29) is 71.2 Å². The van der Waals surface area contributed by atoms with Crippen LogP contribution in [0.3, 0.4) is 0 Å². The molecule has 4 aromatic carbocycles. The third kappa shape index (κ3) is 12.6. The molecule has 1 saturated carbocycles. The number of hydrogen-bond donors (Lipinski definition) is 6. The average molecular weight is 1170 g/mol. The zero-order valence-electron chi connectivity index (χ0n) is 47.7. The monoisotopic (exact) mass is 1170 g/mol. The molecule has 2 aliphatic heterocycles. The number of fused-ring (bicyclic) bond motifs is 4. The van der Waals surface area contributed by atoms with E-state index in [4.69, 9.17) is 14.2 Å². The summed E-state index contributed by atoms with van der Waals surface area (Å²) < 4.78 is 33.9. The van der Waals surface area contributed by atoms with Gasteiger partial charge in [-0.25, -0.2) is 28.4 Å². The maximum atomic E-state index is 14.1. The molecule has 86 heavy (non-hydrogen) atoms. The van der Waals surface area contributed by atoms with Crippen LogP contribution in [-0.4, -0.2) is 120 Å². The molecule has 6 N–H and O–H groups in total. The molecule has 13 rings (SSSR count). The van der Waals surface area contributed by atoms with E-state index >= 15 is 0 Å². The number of anilines is 2. The number of carbonyl (C=O) groups is 3. The predicted molar refractivity (Wildman–Crippen MR) is 320 cm³/mol. The van der Waals surface area contributed by atoms with Crippen LogP contribution in [0.2, 0.25) is 0 Å². The van der Waals surface area contributed by atoms with E-state index in [0.29, 0.717) is 86.9 Å². The molecule has 0 spiro atoms. The molecule has 23 nitrogen and oxygen atoms in total. The number of hydrogen-bond acceptors (Lipinski definition) is 14. The van der Waals surface area contributed by atoms with Gasteiger partial charge in [-0.2, -0.15) is 4.52 Å². The summed E-state index contributed by atoms with van der Waals surface area (Å²) in [6.07, 6.45) is 7.43. The molecular weight excluding hydrogens is 1100 g/mol. The molecule has 0 radical (unpaired) electrons. The number of amides is 3. The minimum atomic E-state index is -0.383. The van der Waals surface area contributed by atoms with Crippen LogP contribution < -0.4 is 51.7 Å². The number of aromatic amines is 3. The molecule has 0 unspecified atom stereocenters. The lowest BCUT2D eigenvalue weighted by Gasteiger charge is -2.33. The van der Waals surface area contributed by atoms with Gasteiger partial charge >= 0.3 is 0 Å². The van der Waals surface area contributed by atoms with Crippen LogP contribution in [0.5, 0.6) is 17.2 Å². The van der Waals surface area contributed by atoms with Gasteiger partial charge in [0.05, 0.1) is 18.0 Å². The first-order valence-corrected chi connectivity index (χ1v) is 28.2. The van der Waals surface area contributed by atoms with Crippen LogP contribution >= 0.6 is 0 Å². The fraction of sp³-hybridized carbons (Fsp3) is 0.274. The summed E-state index contributed by atoms with van der Waals surface area (Å²) in [5, 5.41) is 17.1. The van der Waals surface area contributed by atoms with Gasteiger partial charge in [0.15, 0.2) is 28.4 Å². The molecule has 1 aliphatic carbocycles. The highest BCUT2D eigenvalue weighted by molar-refractivity contribution is 6.08. The minimum absolute atomic E-state index is 0.109. The Balaban J connectivity index is 0.000000135. The quantitative estimate of drug-likeness (QED) is 0.0656. The standard InChI is InChI=1S/C23H19FN4O4.C21H26N6O2.C18H18N4O3/c1-13-16(9-15-4-2-3-5-18(15)24)23(30)28-21(27-13)17(11-26-28)22(29)25-10-14-6-7-19-20(8-14)32-12-31-19;1-15-18(26-12-10-25(2)11-13-26)21(29)27-19(24-15)17(14-23-27)20(28)22-9-8-16-6-4-3-5-7-16;1-2-25-13-7-5-12(6-8-13)20-18(24)14-10-19-22-16(23)9-15(11-3-4-11)21-17(14)22/h2-8,11,26H,9-10,12H2,1H3,(H,25,29);3-7,14,23H,8-13H2,1-2H3,(H,22,28);5-11,19H,2-4H2,1H3,(H,20,24). The lowest BCUT2D eigenvalue weighted by atomic mass is 10.0. The van der Waals surface area contributed by atoms with Crippen molar-refractivity contribution in [1.29, 1.82) is 0 Å². The summed E-state index contributed by atoms with van der Waals surface area (Å²) in [5.41, 5.74) is 7.04. The van der Waals surface area contributed by atoms with E-state index in [1.165, 1.54) is 38.1 Å². The number of benzene rings is 4. The lowest BCUT2D eigenvalue weighted by molar-refractivity contribution is 0.0945. The van der Waals surface area contributed by atoms with Crippen LogP contribution in [0.25, 0.3) is 16.9 Å². The average Bonchev–Trinajstić information content (AvgIpc) is 2.06. The van der Waals surface area contributed by atoms with Gasteiger partial charge in [-0.05, 0) is 106 Å². The van der Waals surface area contributed by atoms with Crippen molar-refractivity contribution in [2.45, 2.75) is 58.9 Å². The number of likely N-dealkylation sites (N-methyl/N-ethyl adjacent to an activating group) is 1. The van der Waals surface area contributed by atoms with Crippen LogP contribution in [-0.2, 0) is 19.4 Å². The van der Waals surface area contributed by atoms with E-state index in [1.54, 1.807) is 67.7 Å². The molecule has 1 saturated heterocycles. The summed E-state index contributed by atoms with van der Waals surface area (Å²) in [4.78, 5) is 94.1. The number of nitrogens with zero attached hydrogens (tertiary/aromatic N) is 8. The van der Waals surface area contributed by atoms with Gasteiger partial charge in [0.1, 0.15) is 33.9 Å². The molecule has 2 fully saturated rings. The SMILES string of the molecule is CCOc1ccc(NC(=O)c2c[nH]n3c(=O)cc(C4CC4)nc23)cc1.Cc1nc2c(C(=O)NCCc3ccccc3)c[nH]n2c(=O)c1N1CCN(C)CC1.Cc1nc2c(C(=O)NCc3ccc4c(c3)OCO4)c[nH]n2c(=O)c1Cc1ccccc1F. The van der Waals surface area contributed by atoms with Crippen LogP contribution in [0, 0.1) is 19.7 Å². The Morgan fingerprint density at radius 1 is 0.674 bits per heavy atom. The van der Waals surface area contributed by atoms with Gasteiger partial charge in [0, 0.05) is 93.2 Å². The summed E-state index contributed by atoms with van der Waals surface area (Å²) in [6.45, 7) is 10.4. The molecule has 0 bridgehead atoms. The van der Waals surface area contributed by atoms with E-state index in [9.17, 15) is 33.2 Å². The molecule has 6 aromatic heterocycles. The highest BCUT2D eigenvalue weighted by atomic mass is 19.1. The second-order valence-electron chi connectivity index (χ2n) is 21.0. The Morgan fingerprint density at radius 2 is 1.30 bits per heavy atom. The lowest BCUT2D eigenvalue weighted by Crippen LogP contribution is -2.47. The van der Waals surface area contributed by atoms with Crippen molar-refractivity contribution in [3.05, 3.63) is 215 Å². The van der Waals surface area contributed by atoms with Crippen LogP contribution in [0.1, 0.15) is 96.1 Å². The van der Waals surface area contributed by atoms with Crippen molar-refractivity contribution in [3.63, 3.8) is 0 Å². The molecule has 3 aliphatic rings. The van der Waals surface area contributed by atoms with Crippen molar-refractivity contribution in [2.24, 2.45) is 0 Å². The summed E-state index contributed by atoms with van der Waals surface area (Å²) in [7, 11) is 2.08. The number of piperazine rings is 1. The van der Waals surface area contributed by atoms with Crippen molar-refractivity contribution in [1.82, 2.24) is 59.3 Å².